The van der Waals surface area contributed by atoms with Gasteiger partial charge in [-0.15, -0.1) is 0 Å². The Balaban J connectivity index is 1.80. The summed E-state index contributed by atoms with van der Waals surface area (Å²) in [6.45, 7) is 0.132. The Hall–Kier alpha value is -3.29. The molecule has 0 aromatic heterocycles. The number of fused-ring (bicyclic) bond motifs is 1. The number of carbonyl (C=O) groups is 1. The largest absolute Gasteiger partial charge is 0.496 e. The van der Waals surface area contributed by atoms with Crippen LogP contribution >= 0.6 is 0 Å². The Bertz CT molecular complexity index is 986. The van der Waals surface area contributed by atoms with Crippen molar-refractivity contribution in [3.63, 3.8) is 0 Å². The molecule has 1 fully saturated rings. The molecule has 0 unspecified atom stereocenters. The summed E-state index contributed by atoms with van der Waals surface area (Å²) in [4.78, 5) is 12.5. The lowest BCUT2D eigenvalue weighted by Gasteiger charge is -2.44. The number of hydrogen-bond acceptors (Lipinski definition) is 8. The van der Waals surface area contributed by atoms with Crippen molar-refractivity contribution in [3.05, 3.63) is 35.4 Å². The summed E-state index contributed by atoms with van der Waals surface area (Å²) in [5.74, 6) is 2.85. The Labute approximate surface area is 180 Å². The van der Waals surface area contributed by atoms with Gasteiger partial charge in [0.25, 0.3) is 0 Å². The van der Waals surface area contributed by atoms with Crippen LogP contribution in [0.3, 0.4) is 0 Å². The molecule has 8 heteroatoms. The molecule has 1 saturated carbocycles. The fraction of sp³-hybridized carbons (Fsp3) is 0.435. The zero-order chi connectivity index (χ0) is 22.1. The third-order valence-electron chi connectivity index (χ3n) is 6.08. The molecule has 3 atom stereocenters. The molecular formula is C23H26O8. The van der Waals surface area contributed by atoms with Gasteiger partial charge in [-0.25, -0.2) is 0 Å². The number of hydrogen-bond donors (Lipinski definition) is 0. The van der Waals surface area contributed by atoms with E-state index >= 15 is 0 Å². The summed E-state index contributed by atoms with van der Waals surface area (Å²) in [6.07, 6.45) is 0.611. The predicted molar refractivity (Wildman–Crippen MR) is 111 cm³/mol. The summed E-state index contributed by atoms with van der Waals surface area (Å²) >= 11 is 0. The minimum Gasteiger partial charge on any atom is -0.496 e. The summed E-state index contributed by atoms with van der Waals surface area (Å²) in [5, 5.41) is 0. The molecule has 1 aliphatic carbocycles. The van der Waals surface area contributed by atoms with Crippen LogP contribution in [0.5, 0.6) is 34.5 Å². The number of ether oxygens (including phenoxy) is 7. The normalized spacial score (nSPS) is 21.1. The van der Waals surface area contributed by atoms with E-state index in [1.165, 1.54) is 7.11 Å². The first-order valence-electron chi connectivity index (χ1n) is 9.91. The third-order valence-corrected chi connectivity index (χ3v) is 6.08. The maximum atomic E-state index is 12.5. The number of benzene rings is 2. The summed E-state index contributed by atoms with van der Waals surface area (Å²) in [5.41, 5.74) is 1.84. The molecule has 0 N–H and O–H groups in total. The smallest absolute Gasteiger partial charge is 0.309 e. The molecule has 2 aromatic carbocycles. The van der Waals surface area contributed by atoms with E-state index in [0.29, 0.717) is 40.9 Å². The van der Waals surface area contributed by atoms with Gasteiger partial charge in [0, 0.05) is 17.5 Å². The molecule has 0 radical (unpaired) electrons. The predicted octanol–water partition coefficient (Wildman–Crippen LogP) is 3.51. The van der Waals surface area contributed by atoms with Gasteiger partial charge in [0.1, 0.15) is 5.75 Å². The number of methoxy groups -OCH3 is 5. The second-order valence-corrected chi connectivity index (χ2v) is 7.40. The molecule has 0 spiro atoms. The zero-order valence-electron chi connectivity index (χ0n) is 18.2. The fourth-order valence-corrected chi connectivity index (χ4v) is 4.52. The Morgan fingerprint density at radius 1 is 0.839 bits per heavy atom. The van der Waals surface area contributed by atoms with Gasteiger partial charge in [-0.05, 0) is 36.1 Å². The van der Waals surface area contributed by atoms with Crippen molar-refractivity contribution in [2.45, 2.75) is 18.3 Å². The topological polar surface area (TPSA) is 81.7 Å². The van der Waals surface area contributed by atoms with Gasteiger partial charge in [0.15, 0.2) is 23.0 Å². The molecule has 0 bridgehead atoms. The van der Waals surface area contributed by atoms with Crippen molar-refractivity contribution in [1.29, 1.82) is 0 Å². The van der Waals surface area contributed by atoms with E-state index < -0.39 is 0 Å². The van der Waals surface area contributed by atoms with Gasteiger partial charge < -0.3 is 33.2 Å². The van der Waals surface area contributed by atoms with E-state index in [-0.39, 0.29) is 30.5 Å². The molecule has 1 aliphatic heterocycles. The Morgan fingerprint density at radius 2 is 1.52 bits per heavy atom. The number of rotatable bonds is 7. The van der Waals surface area contributed by atoms with Gasteiger partial charge in [-0.3, -0.25) is 4.79 Å². The summed E-state index contributed by atoms with van der Waals surface area (Å²) in [6, 6.07) is 7.52. The summed E-state index contributed by atoms with van der Waals surface area (Å²) in [7, 11) is 7.76. The quantitative estimate of drug-likeness (QED) is 0.618. The molecule has 2 aromatic rings. The first kappa shape index (κ1) is 21.0. The maximum Gasteiger partial charge on any atom is 0.309 e. The number of carbonyl (C=O) groups excluding carboxylic acids is 1. The molecular weight excluding hydrogens is 404 g/mol. The third kappa shape index (κ3) is 3.45. The van der Waals surface area contributed by atoms with Gasteiger partial charge in [0.2, 0.25) is 12.5 Å². The van der Waals surface area contributed by atoms with Crippen molar-refractivity contribution in [1.82, 2.24) is 0 Å². The van der Waals surface area contributed by atoms with Crippen LogP contribution in [0.2, 0.25) is 0 Å². The number of esters is 1. The lowest BCUT2D eigenvalue weighted by molar-refractivity contribution is -0.150. The van der Waals surface area contributed by atoms with Crippen molar-refractivity contribution in [3.8, 4) is 34.5 Å². The van der Waals surface area contributed by atoms with Crippen molar-refractivity contribution < 1.29 is 38.0 Å². The molecule has 0 saturated heterocycles. The molecule has 4 rings (SSSR count). The minimum atomic E-state index is -0.308. The van der Waals surface area contributed by atoms with Crippen molar-refractivity contribution in [2.24, 2.45) is 5.92 Å². The highest BCUT2D eigenvalue weighted by atomic mass is 16.7. The highest BCUT2D eigenvalue weighted by Crippen LogP contribution is 2.58. The van der Waals surface area contributed by atoms with E-state index in [4.69, 9.17) is 33.2 Å². The fourth-order valence-electron chi connectivity index (χ4n) is 4.52. The zero-order valence-corrected chi connectivity index (χ0v) is 18.2. The van der Waals surface area contributed by atoms with Gasteiger partial charge in [-0.1, -0.05) is 0 Å². The van der Waals surface area contributed by atoms with E-state index in [2.05, 4.69) is 0 Å². The van der Waals surface area contributed by atoms with Crippen LogP contribution in [0.25, 0.3) is 0 Å². The summed E-state index contributed by atoms with van der Waals surface area (Å²) < 4.78 is 38.3. The Kier molecular flexibility index (Phi) is 5.71. The average Bonchev–Trinajstić information content (AvgIpc) is 3.25. The first-order chi connectivity index (χ1) is 15.1. The van der Waals surface area contributed by atoms with Gasteiger partial charge >= 0.3 is 5.97 Å². The lowest BCUT2D eigenvalue weighted by atomic mass is 9.59. The van der Waals surface area contributed by atoms with Gasteiger partial charge in [0.05, 0.1) is 41.5 Å². The van der Waals surface area contributed by atoms with E-state index in [1.54, 1.807) is 34.5 Å². The molecule has 8 nitrogen and oxygen atoms in total. The van der Waals surface area contributed by atoms with Crippen molar-refractivity contribution in [2.75, 3.05) is 42.3 Å². The van der Waals surface area contributed by atoms with Crippen LogP contribution in [0, 0.1) is 5.92 Å². The second-order valence-electron chi connectivity index (χ2n) is 7.40. The minimum absolute atomic E-state index is 0.0102. The van der Waals surface area contributed by atoms with E-state index in [1.807, 2.05) is 18.2 Å². The van der Waals surface area contributed by atoms with Gasteiger partial charge in [-0.2, -0.15) is 0 Å². The van der Waals surface area contributed by atoms with Crippen LogP contribution in [0.4, 0.5) is 0 Å². The van der Waals surface area contributed by atoms with E-state index in [0.717, 1.165) is 11.1 Å². The lowest BCUT2D eigenvalue weighted by Crippen LogP contribution is -2.39. The van der Waals surface area contributed by atoms with Crippen LogP contribution in [-0.4, -0.2) is 48.3 Å². The van der Waals surface area contributed by atoms with E-state index in [9.17, 15) is 4.79 Å². The molecule has 166 valence electrons. The highest BCUT2D eigenvalue weighted by Gasteiger charge is 2.49. The second kappa shape index (κ2) is 8.45. The van der Waals surface area contributed by atoms with Crippen LogP contribution in [0.15, 0.2) is 24.3 Å². The molecule has 31 heavy (non-hydrogen) atoms. The molecule has 0 amide bonds. The first-order valence-corrected chi connectivity index (χ1v) is 9.91. The average molecular weight is 430 g/mol. The standard InChI is InChI=1S/C23H26O8/c1-25-16-10-18(27-3)17(26-2)9-13(16)14-8-15(23(24)29-5)21(14)12-6-19(28-4)22-20(7-12)30-11-31-22/h6-7,9-10,14-15,21H,8,11H2,1-5H3/t14-,15-,21-/m1/s1. The monoisotopic (exact) mass is 430 g/mol. The molecule has 1 heterocycles. The highest BCUT2D eigenvalue weighted by molar-refractivity contribution is 5.76. The maximum absolute atomic E-state index is 12.5. The van der Waals surface area contributed by atoms with Crippen LogP contribution in [0.1, 0.15) is 29.4 Å². The molecule has 2 aliphatic rings. The van der Waals surface area contributed by atoms with Crippen molar-refractivity contribution >= 4 is 5.97 Å². The van der Waals surface area contributed by atoms with Crippen LogP contribution in [-0.2, 0) is 9.53 Å². The van der Waals surface area contributed by atoms with Crippen LogP contribution < -0.4 is 28.4 Å². The Morgan fingerprint density at radius 3 is 2.16 bits per heavy atom. The SMILES string of the molecule is COC(=O)[C@@H]1C[C@H](c2cc(OC)c(OC)cc2OC)[C@H]1c1cc(OC)c2c(c1)OCO2.